The van der Waals surface area contributed by atoms with Crippen LogP contribution >= 0.6 is 11.9 Å². The van der Waals surface area contributed by atoms with Crippen molar-refractivity contribution < 1.29 is 18.3 Å². The number of aromatic amines is 1. The van der Waals surface area contributed by atoms with Crippen molar-refractivity contribution in [3.05, 3.63) is 83.7 Å². The first kappa shape index (κ1) is 22.9. The van der Waals surface area contributed by atoms with Gasteiger partial charge >= 0.3 is 5.51 Å². The third kappa shape index (κ3) is 5.77. The van der Waals surface area contributed by atoms with Gasteiger partial charge in [-0.05, 0) is 66.4 Å². The van der Waals surface area contributed by atoms with E-state index in [2.05, 4.69) is 14.7 Å². The molecule has 1 heterocycles. The molecule has 0 spiro atoms. The normalized spacial score (nSPS) is 12.5. The lowest BCUT2D eigenvalue weighted by Crippen LogP contribution is -2.16. The van der Waals surface area contributed by atoms with Crippen molar-refractivity contribution in [2.24, 2.45) is 0 Å². The molecule has 0 fully saturated rings. The van der Waals surface area contributed by atoms with Gasteiger partial charge in [0.1, 0.15) is 5.82 Å². The summed E-state index contributed by atoms with van der Waals surface area (Å²) in [5.41, 5.74) is 0.338. The summed E-state index contributed by atoms with van der Waals surface area (Å²) in [6.07, 6.45) is 3.65. The molecule has 33 heavy (non-hydrogen) atoms. The molecule has 0 unspecified atom stereocenters. The Hall–Kier alpha value is -3.23. The minimum Gasteiger partial charge on any atom is -0.386 e. The molecule has 4 rings (SSSR count). The molecule has 1 aromatic heterocycles. The van der Waals surface area contributed by atoms with E-state index in [1.165, 1.54) is 0 Å². The van der Waals surface area contributed by atoms with E-state index in [4.69, 9.17) is 0 Å². The van der Waals surface area contributed by atoms with Gasteiger partial charge in [0.05, 0.1) is 28.6 Å². The maximum absolute atomic E-state index is 12.3. The minimum atomic E-state index is -4.34. The third-order valence-corrected chi connectivity index (χ3v) is 5.60. The first-order valence-corrected chi connectivity index (χ1v) is 11.0. The largest absolute Gasteiger partial charge is 0.461 e. The first-order valence-electron chi connectivity index (χ1n) is 10.2. The molecule has 170 valence electrons. The number of rotatable bonds is 6. The van der Waals surface area contributed by atoms with E-state index in [-0.39, 0.29) is 11.9 Å². The van der Waals surface area contributed by atoms with E-state index < -0.39 is 11.1 Å². The second-order valence-electron chi connectivity index (χ2n) is 8.06. The molecule has 0 amide bonds. The van der Waals surface area contributed by atoms with Crippen LogP contribution in [0.3, 0.4) is 0 Å². The van der Waals surface area contributed by atoms with Crippen LogP contribution in [0.25, 0.3) is 34.3 Å². The Kier molecular flexibility index (Phi) is 6.23. The molecule has 0 bridgehead atoms. The fourth-order valence-electron chi connectivity index (χ4n) is 3.50. The Bertz CT molecular complexity index is 1290. The van der Waals surface area contributed by atoms with Gasteiger partial charge in [-0.1, -0.05) is 48.5 Å². The van der Waals surface area contributed by atoms with Gasteiger partial charge in [-0.15, -0.1) is 0 Å². The maximum Gasteiger partial charge on any atom is 0.461 e. The van der Waals surface area contributed by atoms with Crippen LogP contribution in [0, 0.1) is 0 Å². The molecule has 0 aliphatic rings. The molecule has 8 heteroatoms. The quantitative estimate of drug-likeness (QED) is 0.261. The first-order chi connectivity index (χ1) is 15.6. The topological polar surface area (TPSA) is 60.9 Å². The molecule has 0 saturated carbocycles. The number of fused-ring (bicyclic) bond motifs is 1. The number of H-pyrrole nitrogens is 1. The fraction of sp³-hybridized carbons (Fsp3) is 0.160. The highest BCUT2D eigenvalue weighted by Crippen LogP contribution is 2.33. The lowest BCUT2D eigenvalue weighted by atomic mass is 9.89. The molecule has 0 radical (unpaired) electrons. The summed E-state index contributed by atoms with van der Waals surface area (Å²) >= 11 is -0.290. The molecule has 4 aromatic rings. The number of benzene rings is 3. The van der Waals surface area contributed by atoms with Gasteiger partial charge in [0, 0.05) is 5.69 Å². The predicted molar refractivity (Wildman–Crippen MR) is 129 cm³/mol. The highest BCUT2D eigenvalue weighted by molar-refractivity contribution is 8.01. The Morgan fingerprint density at radius 3 is 2.39 bits per heavy atom. The minimum absolute atomic E-state index is 0.290. The highest BCUT2D eigenvalue weighted by Gasteiger charge is 2.28. The summed E-state index contributed by atoms with van der Waals surface area (Å²) in [6, 6.07) is 20.3. The van der Waals surface area contributed by atoms with Crippen LogP contribution in [-0.2, 0) is 5.60 Å². The SMILES string of the molecule is CC(C)(O)c1ccccc1-c1ccc2nc(/C=C/c3ccc(NSC(F)(F)F)cc3)[nH]c2c1. The van der Waals surface area contributed by atoms with Gasteiger partial charge in [-0.3, -0.25) is 0 Å². The van der Waals surface area contributed by atoms with Gasteiger partial charge in [0.15, 0.2) is 0 Å². The van der Waals surface area contributed by atoms with Crippen molar-refractivity contribution in [1.29, 1.82) is 0 Å². The number of nitrogens with zero attached hydrogens (tertiary/aromatic N) is 1. The van der Waals surface area contributed by atoms with Gasteiger partial charge < -0.3 is 14.8 Å². The van der Waals surface area contributed by atoms with E-state index in [1.807, 2.05) is 54.6 Å². The number of nitrogens with one attached hydrogen (secondary N) is 2. The summed E-state index contributed by atoms with van der Waals surface area (Å²) in [5, 5.41) is 10.5. The lowest BCUT2D eigenvalue weighted by molar-refractivity contribution is -0.0323. The molecule has 3 aromatic carbocycles. The number of hydrogen-bond acceptors (Lipinski definition) is 4. The van der Waals surface area contributed by atoms with E-state index in [1.54, 1.807) is 38.1 Å². The zero-order valence-corrected chi connectivity index (χ0v) is 18.8. The molecule has 0 saturated heterocycles. The molecule has 4 nitrogen and oxygen atoms in total. The van der Waals surface area contributed by atoms with Crippen molar-refractivity contribution in [2.75, 3.05) is 4.72 Å². The van der Waals surface area contributed by atoms with Gasteiger partial charge in [-0.25, -0.2) is 4.98 Å². The second kappa shape index (κ2) is 8.96. The third-order valence-electron chi connectivity index (χ3n) is 5.03. The number of anilines is 1. The second-order valence-corrected chi connectivity index (χ2v) is 8.93. The van der Waals surface area contributed by atoms with Crippen LogP contribution in [-0.4, -0.2) is 20.6 Å². The highest BCUT2D eigenvalue weighted by atomic mass is 32.2. The Morgan fingerprint density at radius 2 is 1.70 bits per heavy atom. The van der Waals surface area contributed by atoms with Crippen LogP contribution in [0.5, 0.6) is 0 Å². The monoisotopic (exact) mass is 469 g/mol. The molecular weight excluding hydrogens is 447 g/mol. The van der Waals surface area contributed by atoms with Crippen molar-refractivity contribution in [3.63, 3.8) is 0 Å². The number of imidazole rings is 1. The summed E-state index contributed by atoms with van der Waals surface area (Å²) in [6.45, 7) is 3.53. The van der Waals surface area contributed by atoms with Crippen molar-refractivity contribution >= 4 is 40.8 Å². The lowest BCUT2D eigenvalue weighted by Gasteiger charge is -2.21. The summed E-state index contributed by atoms with van der Waals surface area (Å²) in [7, 11) is 0. The van der Waals surface area contributed by atoms with Crippen molar-refractivity contribution in [3.8, 4) is 11.1 Å². The molecule has 0 atom stereocenters. The van der Waals surface area contributed by atoms with E-state index in [0.717, 1.165) is 33.3 Å². The molecule has 0 aliphatic carbocycles. The van der Waals surface area contributed by atoms with Crippen LogP contribution in [0.15, 0.2) is 66.7 Å². The maximum atomic E-state index is 12.3. The molecule has 0 aliphatic heterocycles. The number of aliphatic hydroxyl groups is 1. The van der Waals surface area contributed by atoms with Crippen LogP contribution < -0.4 is 4.72 Å². The fourth-order valence-corrected chi connectivity index (χ4v) is 3.87. The standard InChI is InChI=1S/C25H22F3N3OS/c1-24(2,32)20-6-4-3-5-19(20)17-10-13-21-22(15-17)30-23(29-21)14-9-16-7-11-18(12-8-16)31-33-25(26,27)28/h3-15,31-32H,1-2H3,(H,29,30)/b14-9+. The Morgan fingerprint density at radius 1 is 0.970 bits per heavy atom. The summed E-state index contributed by atoms with van der Waals surface area (Å²) in [4.78, 5) is 7.86. The number of alkyl halides is 3. The number of hydrogen-bond donors (Lipinski definition) is 3. The Labute approximate surface area is 193 Å². The van der Waals surface area contributed by atoms with E-state index in [0.29, 0.717) is 11.5 Å². The van der Waals surface area contributed by atoms with Crippen LogP contribution in [0.2, 0.25) is 0 Å². The Balaban J connectivity index is 1.53. The van der Waals surface area contributed by atoms with E-state index in [9.17, 15) is 18.3 Å². The predicted octanol–water partition coefficient (Wildman–Crippen LogP) is 7.21. The summed E-state index contributed by atoms with van der Waals surface area (Å²) < 4.78 is 39.1. The van der Waals surface area contributed by atoms with E-state index >= 15 is 0 Å². The van der Waals surface area contributed by atoms with Crippen LogP contribution in [0.4, 0.5) is 18.9 Å². The average molecular weight is 470 g/mol. The smallest absolute Gasteiger partial charge is 0.386 e. The average Bonchev–Trinajstić information content (AvgIpc) is 3.18. The van der Waals surface area contributed by atoms with Crippen LogP contribution in [0.1, 0.15) is 30.8 Å². The molecule has 3 N–H and O–H groups in total. The van der Waals surface area contributed by atoms with Gasteiger partial charge in [0.2, 0.25) is 0 Å². The van der Waals surface area contributed by atoms with Crippen molar-refractivity contribution in [2.45, 2.75) is 25.0 Å². The van der Waals surface area contributed by atoms with Crippen molar-refractivity contribution in [1.82, 2.24) is 9.97 Å². The number of halogens is 3. The summed E-state index contributed by atoms with van der Waals surface area (Å²) in [5.74, 6) is 0.660. The van der Waals surface area contributed by atoms with Gasteiger partial charge in [0.25, 0.3) is 0 Å². The zero-order chi connectivity index (χ0) is 23.6. The zero-order valence-electron chi connectivity index (χ0n) is 17.9. The number of aromatic nitrogens is 2. The molecular formula is C25H22F3N3OS. The van der Waals surface area contributed by atoms with Gasteiger partial charge in [-0.2, -0.15) is 13.2 Å².